The number of halogens is 2. The van der Waals surface area contributed by atoms with Crippen LogP contribution in [0.5, 0.6) is 5.88 Å². The van der Waals surface area contributed by atoms with Crippen LogP contribution in [-0.2, 0) is 11.3 Å². The summed E-state index contributed by atoms with van der Waals surface area (Å²) < 4.78 is 20.6. The van der Waals surface area contributed by atoms with E-state index in [9.17, 15) is 14.0 Å². The zero-order valence-corrected chi connectivity index (χ0v) is 22.5. The van der Waals surface area contributed by atoms with E-state index in [1.807, 2.05) is 12.1 Å². The number of nitrogens with one attached hydrogen (secondary N) is 2. The summed E-state index contributed by atoms with van der Waals surface area (Å²) in [5, 5.41) is 5.53. The highest BCUT2D eigenvalue weighted by Gasteiger charge is 2.28. The molecule has 3 aromatic rings. The molecule has 4 heterocycles. The summed E-state index contributed by atoms with van der Waals surface area (Å²) >= 11 is 4.85. The number of rotatable bonds is 8. The van der Waals surface area contributed by atoms with Crippen molar-refractivity contribution in [2.24, 2.45) is 5.92 Å². The molecule has 0 bridgehead atoms. The normalized spacial score (nSPS) is 16.1. The monoisotopic (exact) mass is 587 g/mol. The van der Waals surface area contributed by atoms with Gasteiger partial charge in [-0.1, -0.05) is 25.7 Å². The maximum Gasteiger partial charge on any atom is 0.262 e. The Balaban J connectivity index is 1.27. The first-order chi connectivity index (χ1) is 18.0. The number of anilines is 2. The molecule has 1 aliphatic carbocycles. The number of amides is 2. The quantitative estimate of drug-likeness (QED) is 0.378. The van der Waals surface area contributed by atoms with E-state index in [-0.39, 0.29) is 11.6 Å². The van der Waals surface area contributed by atoms with Crippen molar-refractivity contribution >= 4 is 50.5 Å². The van der Waals surface area contributed by atoms with Crippen molar-refractivity contribution in [1.82, 2.24) is 15.3 Å². The molecule has 2 aliphatic rings. The molecule has 1 aliphatic heterocycles. The number of nitrogens with zero attached hydrogens (tertiary/aromatic N) is 3. The summed E-state index contributed by atoms with van der Waals surface area (Å²) in [4.78, 5) is 38.0. The Morgan fingerprint density at radius 1 is 1.24 bits per heavy atom. The fraction of sp³-hybridized carbons (Fsp3) is 0.385. The summed E-state index contributed by atoms with van der Waals surface area (Å²) in [7, 11) is 0. The second-order valence-electron chi connectivity index (χ2n) is 9.27. The maximum atomic E-state index is 14.1. The molecular formula is C26H27BrFN5O3S. The van der Waals surface area contributed by atoms with Crippen molar-refractivity contribution in [2.75, 3.05) is 23.4 Å². The van der Waals surface area contributed by atoms with Gasteiger partial charge in [-0.15, -0.1) is 11.3 Å². The number of hydrogen-bond donors (Lipinski definition) is 2. The SMILES string of the molecule is O=C(N[C@@H](CC1CCCC1)C(=O)Nc1ccncc1F)c1ccc(CN2CCOc3ncc(Br)cc32)s1. The topological polar surface area (TPSA) is 96.5 Å². The van der Waals surface area contributed by atoms with Gasteiger partial charge in [-0.2, -0.15) is 0 Å². The molecule has 11 heteroatoms. The second-order valence-corrected chi connectivity index (χ2v) is 11.4. The number of carbonyl (C=O) groups excluding carboxylic acids is 2. The van der Waals surface area contributed by atoms with E-state index < -0.39 is 17.8 Å². The lowest BCUT2D eigenvalue weighted by molar-refractivity contribution is -0.118. The van der Waals surface area contributed by atoms with Gasteiger partial charge in [0.15, 0.2) is 5.82 Å². The van der Waals surface area contributed by atoms with Crippen LogP contribution in [0.25, 0.3) is 0 Å². The fourth-order valence-electron chi connectivity index (χ4n) is 4.80. The van der Waals surface area contributed by atoms with Gasteiger partial charge < -0.3 is 20.3 Å². The zero-order valence-electron chi connectivity index (χ0n) is 20.1. The van der Waals surface area contributed by atoms with Crippen LogP contribution in [0.15, 0.2) is 47.3 Å². The summed E-state index contributed by atoms with van der Waals surface area (Å²) in [6, 6.07) is 6.33. The predicted octanol–water partition coefficient (Wildman–Crippen LogP) is 5.16. The molecule has 5 rings (SSSR count). The van der Waals surface area contributed by atoms with E-state index in [1.54, 1.807) is 12.3 Å². The third kappa shape index (κ3) is 6.27. The molecule has 0 spiro atoms. The predicted molar refractivity (Wildman–Crippen MR) is 143 cm³/mol. The number of ether oxygens (including phenoxy) is 1. The summed E-state index contributed by atoms with van der Waals surface area (Å²) in [5.74, 6) is -0.403. The molecule has 1 atom stereocenters. The number of fused-ring (bicyclic) bond motifs is 1. The number of thiophene rings is 1. The van der Waals surface area contributed by atoms with Crippen LogP contribution in [-0.4, -0.2) is 41.0 Å². The van der Waals surface area contributed by atoms with Crippen molar-refractivity contribution in [3.63, 3.8) is 0 Å². The van der Waals surface area contributed by atoms with Gasteiger partial charge in [0, 0.05) is 21.7 Å². The minimum absolute atomic E-state index is 0.0519. The van der Waals surface area contributed by atoms with Gasteiger partial charge >= 0.3 is 0 Å². The van der Waals surface area contributed by atoms with E-state index in [0.717, 1.165) is 46.9 Å². The first-order valence-corrected chi connectivity index (χ1v) is 13.9. The number of hydrogen-bond acceptors (Lipinski definition) is 7. The van der Waals surface area contributed by atoms with Gasteiger partial charge in [0.2, 0.25) is 11.8 Å². The molecule has 1 saturated carbocycles. The van der Waals surface area contributed by atoms with Crippen LogP contribution in [0.2, 0.25) is 0 Å². The average Bonchev–Trinajstić information content (AvgIpc) is 3.58. The van der Waals surface area contributed by atoms with Crippen molar-refractivity contribution in [3.05, 3.63) is 62.9 Å². The lowest BCUT2D eigenvalue weighted by Gasteiger charge is -2.30. The first-order valence-electron chi connectivity index (χ1n) is 12.3. The second kappa shape index (κ2) is 11.6. The van der Waals surface area contributed by atoms with Crippen LogP contribution >= 0.6 is 27.3 Å². The summed E-state index contributed by atoms with van der Waals surface area (Å²) in [6.45, 7) is 1.86. The van der Waals surface area contributed by atoms with Crippen molar-refractivity contribution in [3.8, 4) is 5.88 Å². The minimum Gasteiger partial charge on any atom is -0.474 e. The Hall–Kier alpha value is -3.05. The Labute approximate surface area is 226 Å². The van der Waals surface area contributed by atoms with Crippen molar-refractivity contribution in [1.29, 1.82) is 0 Å². The van der Waals surface area contributed by atoms with Gasteiger partial charge in [-0.05, 0) is 52.5 Å². The number of aromatic nitrogens is 2. The smallest absolute Gasteiger partial charge is 0.262 e. The van der Waals surface area contributed by atoms with Crippen LogP contribution in [0.1, 0.15) is 46.7 Å². The van der Waals surface area contributed by atoms with E-state index in [2.05, 4.69) is 41.4 Å². The van der Waals surface area contributed by atoms with E-state index in [1.165, 1.54) is 23.6 Å². The van der Waals surface area contributed by atoms with Crippen molar-refractivity contribution in [2.45, 2.75) is 44.7 Å². The Kier molecular flexibility index (Phi) is 7.99. The van der Waals surface area contributed by atoms with Gasteiger partial charge in [-0.3, -0.25) is 14.6 Å². The molecule has 8 nitrogen and oxygen atoms in total. The number of carbonyl (C=O) groups is 2. The molecule has 0 unspecified atom stereocenters. The zero-order chi connectivity index (χ0) is 25.8. The lowest BCUT2D eigenvalue weighted by atomic mass is 9.97. The van der Waals surface area contributed by atoms with Crippen LogP contribution in [0.4, 0.5) is 15.8 Å². The van der Waals surface area contributed by atoms with Gasteiger partial charge in [0.05, 0.1) is 29.9 Å². The van der Waals surface area contributed by atoms with Crippen LogP contribution in [0, 0.1) is 11.7 Å². The number of pyridine rings is 2. The highest BCUT2D eigenvalue weighted by atomic mass is 79.9. The van der Waals surface area contributed by atoms with Crippen LogP contribution in [0.3, 0.4) is 0 Å². The summed E-state index contributed by atoms with van der Waals surface area (Å²) in [6.07, 6.45) is 8.99. The third-order valence-corrected chi connectivity index (χ3v) is 8.17. The molecule has 3 aromatic heterocycles. The average molecular weight is 589 g/mol. The van der Waals surface area contributed by atoms with Gasteiger partial charge in [0.1, 0.15) is 18.3 Å². The van der Waals surface area contributed by atoms with E-state index in [0.29, 0.717) is 42.8 Å². The highest BCUT2D eigenvalue weighted by molar-refractivity contribution is 9.10. The van der Waals surface area contributed by atoms with E-state index in [4.69, 9.17) is 4.74 Å². The first kappa shape index (κ1) is 25.6. The molecule has 0 saturated heterocycles. The Morgan fingerprint density at radius 3 is 2.89 bits per heavy atom. The molecular weight excluding hydrogens is 561 g/mol. The lowest BCUT2D eigenvalue weighted by Crippen LogP contribution is -2.44. The maximum absolute atomic E-state index is 14.1. The Bertz CT molecular complexity index is 1280. The fourth-order valence-corrected chi connectivity index (χ4v) is 6.05. The molecule has 194 valence electrons. The largest absolute Gasteiger partial charge is 0.474 e. The van der Waals surface area contributed by atoms with Gasteiger partial charge in [0.25, 0.3) is 5.91 Å². The molecule has 1 fully saturated rings. The molecule has 0 radical (unpaired) electrons. The van der Waals surface area contributed by atoms with Gasteiger partial charge in [-0.25, -0.2) is 9.37 Å². The standard InChI is InChI=1S/C26H27BrFN5O3S/c27-17-12-22-26(30-13-17)36-10-9-33(22)15-18-5-6-23(37-18)25(35)32-21(11-16-3-1-2-4-16)24(34)31-20-7-8-29-14-19(20)28/h5-8,12-14,16,21H,1-4,9-11,15H2,(H,32,35)(H,29,31,34)/t21-/m0/s1. The van der Waals surface area contributed by atoms with Crippen molar-refractivity contribution < 1.29 is 18.7 Å². The Morgan fingerprint density at radius 2 is 2.08 bits per heavy atom. The molecule has 0 aromatic carbocycles. The van der Waals surface area contributed by atoms with Crippen LogP contribution < -0.4 is 20.3 Å². The molecule has 2 amide bonds. The molecule has 37 heavy (non-hydrogen) atoms. The minimum atomic E-state index is -0.761. The third-order valence-electron chi connectivity index (χ3n) is 6.67. The molecule has 2 N–H and O–H groups in total. The highest BCUT2D eigenvalue weighted by Crippen LogP contribution is 2.34. The van der Waals surface area contributed by atoms with E-state index >= 15 is 0 Å². The summed E-state index contributed by atoms with van der Waals surface area (Å²) in [5.41, 5.74) is 0.952.